The Balaban J connectivity index is 2.31. The van der Waals surface area contributed by atoms with E-state index in [0.29, 0.717) is 25.6 Å². The van der Waals surface area contributed by atoms with Crippen LogP contribution in [-0.4, -0.2) is 41.7 Å². The zero-order valence-electron chi connectivity index (χ0n) is 11.1. The minimum Gasteiger partial charge on any atom is -0.396 e. The molecule has 1 aromatic heterocycles. The molecule has 0 bridgehead atoms. The van der Waals surface area contributed by atoms with Crippen LogP contribution in [0.5, 0.6) is 0 Å². The molecule has 18 heavy (non-hydrogen) atoms. The number of nitrogens with one attached hydrogen (secondary N) is 1. The van der Waals surface area contributed by atoms with Gasteiger partial charge < -0.3 is 10.4 Å². The first kappa shape index (κ1) is 15.1. The van der Waals surface area contributed by atoms with Gasteiger partial charge in [0.2, 0.25) is 5.91 Å². The summed E-state index contributed by atoms with van der Waals surface area (Å²) in [5.41, 5.74) is 0. The van der Waals surface area contributed by atoms with E-state index in [4.69, 9.17) is 5.11 Å². The Kier molecular flexibility index (Phi) is 6.93. The lowest BCUT2D eigenvalue weighted by Crippen LogP contribution is -2.41. The number of nitrogens with zero attached hydrogens (tertiary/aromatic N) is 1. The average Bonchev–Trinajstić information content (AvgIpc) is 2.84. The van der Waals surface area contributed by atoms with Crippen LogP contribution < -0.4 is 5.32 Å². The maximum atomic E-state index is 11.8. The summed E-state index contributed by atoms with van der Waals surface area (Å²) in [6.07, 6.45) is 0.705. The number of aliphatic hydroxyl groups is 1. The van der Waals surface area contributed by atoms with Crippen molar-refractivity contribution in [2.24, 2.45) is 0 Å². The summed E-state index contributed by atoms with van der Waals surface area (Å²) >= 11 is 1.64. The Labute approximate surface area is 113 Å². The summed E-state index contributed by atoms with van der Waals surface area (Å²) in [5, 5.41) is 13.8. The molecule has 0 unspecified atom stereocenters. The molecule has 1 heterocycles. The van der Waals surface area contributed by atoms with Gasteiger partial charge in [-0.15, -0.1) is 11.3 Å². The molecule has 1 amide bonds. The van der Waals surface area contributed by atoms with Gasteiger partial charge in [0.1, 0.15) is 0 Å². The van der Waals surface area contributed by atoms with Gasteiger partial charge >= 0.3 is 0 Å². The number of thiophene rings is 1. The number of carbonyl (C=O) groups is 1. The van der Waals surface area contributed by atoms with Crippen molar-refractivity contribution >= 4 is 17.2 Å². The van der Waals surface area contributed by atoms with Crippen LogP contribution in [0.3, 0.4) is 0 Å². The Morgan fingerprint density at radius 3 is 2.89 bits per heavy atom. The molecule has 0 aliphatic rings. The third kappa shape index (κ3) is 5.62. The van der Waals surface area contributed by atoms with Crippen LogP contribution in [-0.2, 0) is 11.3 Å². The van der Waals surface area contributed by atoms with Gasteiger partial charge in [-0.1, -0.05) is 6.07 Å². The van der Waals surface area contributed by atoms with Gasteiger partial charge in [0, 0.05) is 24.1 Å². The van der Waals surface area contributed by atoms with Crippen molar-refractivity contribution < 1.29 is 9.90 Å². The Morgan fingerprint density at radius 1 is 1.56 bits per heavy atom. The van der Waals surface area contributed by atoms with E-state index >= 15 is 0 Å². The highest BCUT2D eigenvalue weighted by Gasteiger charge is 2.13. The Hall–Kier alpha value is -0.910. The molecule has 0 atom stereocenters. The zero-order valence-corrected chi connectivity index (χ0v) is 11.9. The van der Waals surface area contributed by atoms with E-state index < -0.39 is 0 Å². The molecule has 0 aromatic carbocycles. The fraction of sp³-hybridized carbons (Fsp3) is 0.615. The number of hydrogen-bond donors (Lipinski definition) is 2. The molecule has 0 aliphatic heterocycles. The van der Waals surface area contributed by atoms with E-state index in [1.54, 1.807) is 11.3 Å². The lowest BCUT2D eigenvalue weighted by atomic mass is 10.3. The second kappa shape index (κ2) is 8.24. The maximum absolute atomic E-state index is 11.8. The quantitative estimate of drug-likeness (QED) is 0.752. The van der Waals surface area contributed by atoms with Crippen LogP contribution in [0, 0.1) is 0 Å². The van der Waals surface area contributed by atoms with Crippen molar-refractivity contribution in [3.8, 4) is 0 Å². The number of amides is 1. The van der Waals surface area contributed by atoms with E-state index in [2.05, 4.69) is 24.1 Å². The predicted molar refractivity (Wildman–Crippen MR) is 74.6 cm³/mol. The molecule has 0 saturated carbocycles. The number of rotatable bonds is 8. The van der Waals surface area contributed by atoms with Crippen molar-refractivity contribution in [1.29, 1.82) is 0 Å². The van der Waals surface area contributed by atoms with Crippen LogP contribution >= 0.6 is 11.3 Å². The summed E-state index contributed by atoms with van der Waals surface area (Å²) in [6, 6.07) is 4.30. The van der Waals surface area contributed by atoms with Gasteiger partial charge in [0.25, 0.3) is 0 Å². The monoisotopic (exact) mass is 270 g/mol. The number of hydrogen-bond acceptors (Lipinski definition) is 4. The van der Waals surface area contributed by atoms with E-state index in [0.717, 1.165) is 11.4 Å². The smallest absolute Gasteiger partial charge is 0.234 e. The largest absolute Gasteiger partial charge is 0.396 e. The molecule has 4 nitrogen and oxygen atoms in total. The van der Waals surface area contributed by atoms with Crippen LogP contribution in [0.2, 0.25) is 0 Å². The highest BCUT2D eigenvalue weighted by Crippen LogP contribution is 2.07. The third-order valence-corrected chi connectivity index (χ3v) is 3.60. The summed E-state index contributed by atoms with van der Waals surface area (Å²) in [6.45, 7) is 6.03. The Morgan fingerprint density at radius 2 is 2.33 bits per heavy atom. The highest BCUT2D eigenvalue weighted by atomic mass is 32.1. The average molecular weight is 270 g/mol. The van der Waals surface area contributed by atoms with Crippen LogP contribution in [0.1, 0.15) is 25.1 Å². The molecule has 102 valence electrons. The molecule has 2 N–H and O–H groups in total. The summed E-state index contributed by atoms with van der Waals surface area (Å²) in [7, 11) is 0. The third-order valence-electron chi connectivity index (χ3n) is 2.72. The number of carbonyl (C=O) groups excluding carboxylic acids is 1. The van der Waals surface area contributed by atoms with E-state index in [1.807, 2.05) is 17.5 Å². The molecule has 1 rings (SSSR count). The molecule has 1 aromatic rings. The summed E-state index contributed by atoms with van der Waals surface area (Å²) in [4.78, 5) is 15.0. The minimum atomic E-state index is 0.0371. The van der Waals surface area contributed by atoms with Crippen molar-refractivity contribution in [1.82, 2.24) is 10.2 Å². The molecule has 0 fully saturated rings. The van der Waals surface area contributed by atoms with Crippen molar-refractivity contribution in [2.45, 2.75) is 32.9 Å². The lowest BCUT2D eigenvalue weighted by Gasteiger charge is -2.25. The van der Waals surface area contributed by atoms with Gasteiger partial charge in [-0.3, -0.25) is 9.69 Å². The van der Waals surface area contributed by atoms with Crippen molar-refractivity contribution in [2.75, 3.05) is 19.7 Å². The normalized spacial score (nSPS) is 11.2. The first-order valence-corrected chi connectivity index (χ1v) is 7.15. The van der Waals surface area contributed by atoms with Crippen LogP contribution in [0.25, 0.3) is 0 Å². The fourth-order valence-electron chi connectivity index (χ4n) is 1.63. The Bertz CT molecular complexity index is 339. The highest BCUT2D eigenvalue weighted by molar-refractivity contribution is 7.09. The molecule has 0 radical (unpaired) electrons. The molecule has 5 heteroatoms. The minimum absolute atomic E-state index is 0.0371. The molecule has 0 saturated heterocycles. The van der Waals surface area contributed by atoms with Gasteiger partial charge in [-0.05, 0) is 31.7 Å². The molecule has 0 aliphatic carbocycles. The van der Waals surface area contributed by atoms with Crippen LogP contribution in [0.15, 0.2) is 17.5 Å². The molecular formula is C13H22N2O2S. The first-order chi connectivity index (χ1) is 8.63. The summed E-state index contributed by atoms with van der Waals surface area (Å²) < 4.78 is 0. The van der Waals surface area contributed by atoms with Crippen molar-refractivity contribution in [3.63, 3.8) is 0 Å². The fourth-order valence-corrected chi connectivity index (χ4v) is 2.28. The van der Waals surface area contributed by atoms with Gasteiger partial charge in [0.05, 0.1) is 13.1 Å². The SMILES string of the molecule is CC(C)N(CCCO)CC(=O)NCc1cccs1. The molecule has 0 spiro atoms. The van der Waals surface area contributed by atoms with Gasteiger partial charge in [-0.2, -0.15) is 0 Å². The van der Waals surface area contributed by atoms with Crippen LogP contribution in [0.4, 0.5) is 0 Å². The predicted octanol–water partition coefficient (Wildman–Crippen LogP) is 1.46. The zero-order chi connectivity index (χ0) is 13.4. The van der Waals surface area contributed by atoms with E-state index in [1.165, 1.54) is 0 Å². The van der Waals surface area contributed by atoms with E-state index in [9.17, 15) is 4.79 Å². The second-order valence-electron chi connectivity index (χ2n) is 4.50. The van der Waals surface area contributed by atoms with Gasteiger partial charge in [0.15, 0.2) is 0 Å². The lowest BCUT2D eigenvalue weighted by molar-refractivity contribution is -0.122. The molecular weight excluding hydrogens is 248 g/mol. The first-order valence-electron chi connectivity index (χ1n) is 6.27. The van der Waals surface area contributed by atoms with E-state index in [-0.39, 0.29) is 12.5 Å². The van der Waals surface area contributed by atoms with Gasteiger partial charge in [-0.25, -0.2) is 0 Å². The standard InChI is InChI=1S/C13H22N2O2S/c1-11(2)15(6-4-7-16)10-13(17)14-9-12-5-3-8-18-12/h3,5,8,11,16H,4,6-7,9-10H2,1-2H3,(H,14,17). The maximum Gasteiger partial charge on any atom is 0.234 e. The number of aliphatic hydroxyl groups excluding tert-OH is 1. The topological polar surface area (TPSA) is 52.6 Å². The summed E-state index contributed by atoms with van der Waals surface area (Å²) in [5.74, 6) is 0.0371. The second-order valence-corrected chi connectivity index (χ2v) is 5.53. The van der Waals surface area contributed by atoms with Crippen molar-refractivity contribution in [3.05, 3.63) is 22.4 Å².